The summed E-state index contributed by atoms with van der Waals surface area (Å²) in [5.74, 6) is -0.498. The van der Waals surface area contributed by atoms with Crippen LogP contribution in [0.5, 0.6) is 0 Å². The molecule has 0 radical (unpaired) electrons. The minimum Gasteiger partial charge on any atom is -0.368 e. The van der Waals surface area contributed by atoms with Crippen molar-refractivity contribution in [3.8, 4) is 21.8 Å². The van der Waals surface area contributed by atoms with Gasteiger partial charge in [0, 0.05) is 31.3 Å². The van der Waals surface area contributed by atoms with Crippen LogP contribution in [0.3, 0.4) is 0 Å². The van der Waals surface area contributed by atoms with E-state index in [4.69, 9.17) is 5.73 Å². The summed E-state index contributed by atoms with van der Waals surface area (Å²) in [6.07, 6.45) is 1.53. The van der Waals surface area contributed by atoms with E-state index in [-0.39, 0.29) is 29.7 Å². The van der Waals surface area contributed by atoms with Crippen LogP contribution in [-0.2, 0) is 10.2 Å². The predicted molar refractivity (Wildman–Crippen MR) is 118 cm³/mol. The highest BCUT2D eigenvalue weighted by atomic mass is 32.2. The maximum Gasteiger partial charge on any atom is 0.301 e. The van der Waals surface area contributed by atoms with E-state index < -0.39 is 16.0 Å². The standard InChI is InChI=1S/C19H23FN6O2S2/c1-5-26(4)30(27,28)25-13-8-6-7-12(15(13)20)16-17(29-18(24-16)11(2)3)14-9-10-22-19(21)23-14/h6-11,25H,5H2,1-4H3,(H2,21,22,23). The van der Waals surface area contributed by atoms with Gasteiger partial charge in [-0.1, -0.05) is 26.8 Å². The van der Waals surface area contributed by atoms with Crippen molar-refractivity contribution in [1.82, 2.24) is 19.3 Å². The third-order valence-corrected chi connectivity index (χ3v) is 7.33. The molecule has 0 atom stereocenters. The topological polar surface area (TPSA) is 114 Å². The lowest BCUT2D eigenvalue weighted by molar-refractivity contribution is 0.491. The number of halogens is 1. The molecule has 0 fully saturated rings. The van der Waals surface area contributed by atoms with Crippen LogP contribution in [0.1, 0.15) is 31.7 Å². The van der Waals surface area contributed by atoms with Gasteiger partial charge in [-0.15, -0.1) is 11.3 Å². The molecule has 0 saturated carbocycles. The zero-order valence-corrected chi connectivity index (χ0v) is 18.7. The number of hydrogen-bond donors (Lipinski definition) is 2. The van der Waals surface area contributed by atoms with Gasteiger partial charge in [0.1, 0.15) is 0 Å². The number of nitrogens with zero attached hydrogens (tertiary/aromatic N) is 4. The Balaban J connectivity index is 2.15. The van der Waals surface area contributed by atoms with Crippen LogP contribution in [-0.4, -0.2) is 41.3 Å². The van der Waals surface area contributed by atoms with E-state index in [1.807, 2.05) is 13.8 Å². The number of nitrogen functional groups attached to an aromatic ring is 1. The number of nitrogens with two attached hydrogens (primary N) is 1. The van der Waals surface area contributed by atoms with Gasteiger partial charge in [-0.05, 0) is 18.2 Å². The van der Waals surface area contributed by atoms with Gasteiger partial charge in [0.25, 0.3) is 0 Å². The zero-order chi connectivity index (χ0) is 22.1. The molecule has 0 unspecified atom stereocenters. The molecule has 0 spiro atoms. The molecule has 30 heavy (non-hydrogen) atoms. The van der Waals surface area contributed by atoms with Gasteiger partial charge in [-0.25, -0.2) is 19.3 Å². The zero-order valence-electron chi connectivity index (χ0n) is 17.0. The van der Waals surface area contributed by atoms with Crippen molar-refractivity contribution in [2.24, 2.45) is 0 Å². The fraction of sp³-hybridized carbons (Fsp3) is 0.316. The smallest absolute Gasteiger partial charge is 0.301 e. The first kappa shape index (κ1) is 22.1. The van der Waals surface area contributed by atoms with Crippen LogP contribution in [0.2, 0.25) is 0 Å². The van der Waals surface area contributed by atoms with Crippen LogP contribution >= 0.6 is 11.3 Å². The van der Waals surface area contributed by atoms with E-state index in [9.17, 15) is 8.42 Å². The highest BCUT2D eigenvalue weighted by molar-refractivity contribution is 7.90. The molecular formula is C19H23FN6O2S2. The summed E-state index contributed by atoms with van der Waals surface area (Å²) in [4.78, 5) is 13.4. The lowest BCUT2D eigenvalue weighted by atomic mass is 10.1. The maximum atomic E-state index is 15.4. The van der Waals surface area contributed by atoms with Crippen molar-refractivity contribution < 1.29 is 12.8 Å². The molecule has 0 aliphatic heterocycles. The van der Waals surface area contributed by atoms with Gasteiger partial charge in [0.05, 0.1) is 27.0 Å². The van der Waals surface area contributed by atoms with Crippen molar-refractivity contribution in [3.05, 3.63) is 41.3 Å². The Morgan fingerprint density at radius 3 is 2.63 bits per heavy atom. The fourth-order valence-electron chi connectivity index (χ4n) is 2.62. The molecule has 1 aromatic carbocycles. The van der Waals surface area contributed by atoms with Gasteiger partial charge in [0.15, 0.2) is 5.82 Å². The monoisotopic (exact) mass is 450 g/mol. The molecular weight excluding hydrogens is 427 g/mol. The van der Waals surface area contributed by atoms with Crippen molar-refractivity contribution in [3.63, 3.8) is 0 Å². The second kappa shape index (κ2) is 8.62. The van der Waals surface area contributed by atoms with Crippen LogP contribution in [0.25, 0.3) is 21.8 Å². The minimum absolute atomic E-state index is 0.0996. The Morgan fingerprint density at radius 2 is 2.00 bits per heavy atom. The van der Waals surface area contributed by atoms with Crippen molar-refractivity contribution >= 4 is 33.2 Å². The molecule has 0 aliphatic carbocycles. The van der Waals surface area contributed by atoms with Crippen LogP contribution in [0.15, 0.2) is 30.5 Å². The summed E-state index contributed by atoms with van der Waals surface area (Å²) in [5.41, 5.74) is 6.65. The number of rotatable bonds is 7. The number of benzene rings is 1. The number of aromatic nitrogens is 3. The van der Waals surface area contributed by atoms with Crippen molar-refractivity contribution in [1.29, 1.82) is 0 Å². The van der Waals surface area contributed by atoms with Gasteiger partial charge >= 0.3 is 10.2 Å². The molecule has 2 heterocycles. The summed E-state index contributed by atoms with van der Waals surface area (Å²) in [5, 5.41) is 0.799. The average Bonchev–Trinajstić information content (AvgIpc) is 3.14. The number of hydrogen-bond acceptors (Lipinski definition) is 7. The Hall–Kier alpha value is -2.63. The summed E-state index contributed by atoms with van der Waals surface area (Å²) in [7, 11) is -2.46. The molecule has 3 rings (SSSR count). The van der Waals surface area contributed by atoms with E-state index in [2.05, 4.69) is 19.7 Å². The molecule has 2 aromatic heterocycles. The summed E-state index contributed by atoms with van der Waals surface area (Å²) in [6.45, 7) is 5.92. The fourth-order valence-corrected chi connectivity index (χ4v) is 4.60. The molecule has 0 saturated heterocycles. The third-order valence-electron chi connectivity index (χ3n) is 4.39. The Labute approximate surface area is 179 Å². The van der Waals surface area contributed by atoms with Gasteiger partial charge in [0.2, 0.25) is 5.95 Å². The van der Waals surface area contributed by atoms with Crippen LogP contribution in [0, 0.1) is 5.82 Å². The van der Waals surface area contributed by atoms with Crippen molar-refractivity contribution in [2.75, 3.05) is 24.0 Å². The van der Waals surface area contributed by atoms with Crippen LogP contribution < -0.4 is 10.5 Å². The van der Waals surface area contributed by atoms with Gasteiger partial charge in [-0.2, -0.15) is 12.7 Å². The average molecular weight is 451 g/mol. The molecule has 3 N–H and O–H groups in total. The third kappa shape index (κ3) is 4.42. The highest BCUT2D eigenvalue weighted by Crippen LogP contribution is 2.40. The predicted octanol–water partition coefficient (Wildman–Crippen LogP) is 3.72. The largest absolute Gasteiger partial charge is 0.368 e. The number of anilines is 2. The Morgan fingerprint density at radius 1 is 1.27 bits per heavy atom. The molecule has 11 heteroatoms. The quantitative estimate of drug-likeness (QED) is 0.567. The van der Waals surface area contributed by atoms with Gasteiger partial charge in [-0.3, -0.25) is 4.72 Å². The van der Waals surface area contributed by atoms with E-state index >= 15 is 4.39 Å². The first-order valence-corrected chi connectivity index (χ1v) is 11.5. The molecule has 8 nitrogen and oxygen atoms in total. The molecule has 0 bridgehead atoms. The lowest BCUT2D eigenvalue weighted by Gasteiger charge is -2.17. The lowest BCUT2D eigenvalue weighted by Crippen LogP contribution is -2.32. The van der Waals surface area contributed by atoms with Crippen LogP contribution in [0.4, 0.5) is 16.0 Å². The second-order valence-electron chi connectivity index (χ2n) is 6.87. The maximum absolute atomic E-state index is 15.4. The molecule has 3 aromatic rings. The van der Waals surface area contributed by atoms with E-state index in [0.717, 1.165) is 9.31 Å². The molecule has 160 valence electrons. The minimum atomic E-state index is -3.87. The van der Waals surface area contributed by atoms with E-state index in [0.29, 0.717) is 16.3 Å². The Bertz CT molecular complexity index is 1160. The summed E-state index contributed by atoms with van der Waals surface area (Å²) >= 11 is 1.39. The Kier molecular flexibility index (Phi) is 6.34. The van der Waals surface area contributed by atoms with Gasteiger partial charge < -0.3 is 5.73 Å². The second-order valence-corrected chi connectivity index (χ2v) is 9.68. The number of nitrogens with one attached hydrogen (secondary N) is 1. The first-order valence-electron chi connectivity index (χ1n) is 9.26. The summed E-state index contributed by atoms with van der Waals surface area (Å²) < 4.78 is 43.5. The summed E-state index contributed by atoms with van der Waals surface area (Å²) in [6, 6.07) is 6.19. The van der Waals surface area contributed by atoms with E-state index in [1.165, 1.54) is 30.6 Å². The van der Waals surface area contributed by atoms with E-state index in [1.54, 1.807) is 25.1 Å². The molecule has 0 amide bonds. The van der Waals surface area contributed by atoms with Crippen molar-refractivity contribution in [2.45, 2.75) is 26.7 Å². The number of thiazole rings is 1. The first-order chi connectivity index (χ1) is 14.1. The SMILES string of the molecule is CCN(C)S(=O)(=O)Nc1cccc(-c2nc(C(C)C)sc2-c2ccnc(N)n2)c1F. The highest BCUT2D eigenvalue weighted by Gasteiger charge is 2.24. The molecule has 0 aliphatic rings. The normalized spacial score (nSPS) is 12.0.